The van der Waals surface area contributed by atoms with Gasteiger partial charge >= 0.3 is 5.88 Å². The summed E-state index contributed by atoms with van der Waals surface area (Å²) in [5.74, 6) is -0.862. The van der Waals surface area contributed by atoms with E-state index in [2.05, 4.69) is 15.6 Å². The molecule has 1 fully saturated rings. The van der Waals surface area contributed by atoms with E-state index in [0.29, 0.717) is 42.7 Å². The fraction of sp³-hybridized carbons (Fsp3) is 0.208. The minimum absolute atomic E-state index is 0.0163. The Morgan fingerprint density at radius 2 is 1.89 bits per heavy atom. The number of carbonyl (C=O) groups is 2. The number of morpholine rings is 1. The Kier molecular flexibility index (Phi) is 7.05. The highest BCUT2D eigenvalue weighted by atomic mass is 32.2. The van der Waals surface area contributed by atoms with E-state index in [1.165, 1.54) is 21.8 Å². The second kappa shape index (κ2) is 10.7. The number of amides is 2. The van der Waals surface area contributed by atoms with Gasteiger partial charge in [-0.2, -0.15) is 0 Å². The van der Waals surface area contributed by atoms with E-state index >= 15 is 0 Å². The Bertz CT molecular complexity index is 1310. The van der Waals surface area contributed by atoms with Crippen LogP contribution in [0.2, 0.25) is 0 Å². The number of hydrogen-bond donors (Lipinski definition) is 1. The number of hydrogen-bond acceptors (Lipinski definition) is 8. The van der Waals surface area contributed by atoms with Crippen LogP contribution in [-0.2, 0) is 14.3 Å². The van der Waals surface area contributed by atoms with Crippen LogP contribution in [0.25, 0.3) is 6.08 Å². The first-order valence-corrected chi connectivity index (χ1v) is 12.1. The second-order valence-corrected chi connectivity index (χ2v) is 8.78. The van der Waals surface area contributed by atoms with Gasteiger partial charge in [-0.05, 0) is 35.9 Å². The average molecular weight is 510 g/mol. The molecule has 184 valence electrons. The SMILES string of the molecule is O=C(CSC1=N/C(=C/c2ccc(F)cc2)C(=O)N1c1ccccc1)Nc1c[n+](N2CCOCC2)no1. The molecule has 2 aromatic carbocycles. The Labute approximate surface area is 210 Å². The molecule has 36 heavy (non-hydrogen) atoms. The van der Waals surface area contributed by atoms with Crippen molar-refractivity contribution in [2.24, 2.45) is 4.99 Å². The number of amidine groups is 1. The summed E-state index contributed by atoms with van der Waals surface area (Å²) in [6, 6.07) is 14.8. The van der Waals surface area contributed by atoms with Crippen molar-refractivity contribution >= 4 is 46.4 Å². The number of thioether (sulfide) groups is 1. The van der Waals surface area contributed by atoms with Gasteiger partial charge < -0.3 is 4.74 Å². The molecule has 2 aliphatic heterocycles. The van der Waals surface area contributed by atoms with Crippen molar-refractivity contribution in [1.29, 1.82) is 0 Å². The third kappa shape index (κ3) is 5.44. The molecule has 0 spiro atoms. The number of nitrogens with zero attached hydrogens (tertiary/aromatic N) is 5. The summed E-state index contributed by atoms with van der Waals surface area (Å²) >= 11 is 1.12. The van der Waals surface area contributed by atoms with E-state index in [1.807, 2.05) is 23.2 Å². The summed E-state index contributed by atoms with van der Waals surface area (Å²) in [5, 5.41) is 8.89. The number of rotatable bonds is 6. The van der Waals surface area contributed by atoms with Crippen LogP contribution < -0.4 is 20.0 Å². The average Bonchev–Trinajstić information content (AvgIpc) is 3.49. The third-order valence-electron chi connectivity index (χ3n) is 5.35. The Balaban J connectivity index is 1.29. The van der Waals surface area contributed by atoms with Gasteiger partial charge in [0.25, 0.3) is 12.1 Å². The molecule has 0 atom stereocenters. The third-order valence-corrected chi connectivity index (χ3v) is 6.28. The Hall–Kier alpha value is -4.03. The Morgan fingerprint density at radius 3 is 2.64 bits per heavy atom. The summed E-state index contributed by atoms with van der Waals surface area (Å²) in [6.45, 7) is 2.51. The van der Waals surface area contributed by atoms with Gasteiger partial charge in [-0.15, -0.1) is 5.01 Å². The predicted molar refractivity (Wildman–Crippen MR) is 132 cm³/mol. The minimum Gasteiger partial charge on any atom is -0.377 e. The van der Waals surface area contributed by atoms with Gasteiger partial charge in [-0.3, -0.25) is 24.3 Å². The normalized spacial score (nSPS) is 17.0. The molecule has 2 aliphatic rings. The number of halogens is 1. The van der Waals surface area contributed by atoms with E-state index in [0.717, 1.165) is 11.8 Å². The van der Waals surface area contributed by atoms with Crippen LogP contribution in [0.15, 0.2) is 76.0 Å². The smallest absolute Gasteiger partial charge is 0.305 e. The van der Waals surface area contributed by atoms with Gasteiger partial charge in [0, 0.05) is 0 Å². The van der Waals surface area contributed by atoms with Crippen LogP contribution in [0.4, 0.5) is 16.0 Å². The van der Waals surface area contributed by atoms with Gasteiger partial charge in [-0.1, -0.05) is 42.1 Å². The fourth-order valence-electron chi connectivity index (χ4n) is 3.60. The van der Waals surface area contributed by atoms with E-state index in [9.17, 15) is 14.0 Å². The number of carbonyl (C=O) groups excluding carboxylic acids is 2. The molecule has 2 amide bonds. The number of anilines is 2. The second-order valence-electron chi connectivity index (χ2n) is 7.84. The zero-order valence-electron chi connectivity index (χ0n) is 19.0. The van der Waals surface area contributed by atoms with Crippen molar-refractivity contribution in [1.82, 2.24) is 5.27 Å². The number of benzene rings is 2. The van der Waals surface area contributed by atoms with Gasteiger partial charge in [0.1, 0.15) is 11.5 Å². The molecule has 0 bridgehead atoms. The van der Waals surface area contributed by atoms with Crippen molar-refractivity contribution in [3.8, 4) is 0 Å². The van der Waals surface area contributed by atoms with Crippen LogP contribution in [0.5, 0.6) is 0 Å². The lowest BCUT2D eigenvalue weighted by Gasteiger charge is -2.18. The maximum absolute atomic E-state index is 13.3. The van der Waals surface area contributed by atoms with Crippen molar-refractivity contribution in [3.63, 3.8) is 0 Å². The van der Waals surface area contributed by atoms with Crippen molar-refractivity contribution in [3.05, 3.63) is 77.9 Å². The van der Waals surface area contributed by atoms with E-state index in [-0.39, 0.29) is 35.0 Å². The zero-order valence-corrected chi connectivity index (χ0v) is 19.9. The van der Waals surface area contributed by atoms with Crippen molar-refractivity contribution in [2.75, 3.05) is 47.3 Å². The van der Waals surface area contributed by atoms with Crippen LogP contribution in [0, 0.1) is 5.82 Å². The number of para-hydroxylation sites is 1. The summed E-state index contributed by atoms with van der Waals surface area (Å²) in [4.78, 5) is 33.3. The molecule has 0 saturated carbocycles. The first-order chi connectivity index (χ1) is 17.6. The van der Waals surface area contributed by atoms with Gasteiger partial charge in [-0.25, -0.2) is 9.38 Å². The molecule has 0 aliphatic carbocycles. The van der Waals surface area contributed by atoms with Crippen LogP contribution in [-0.4, -0.2) is 54.3 Å². The van der Waals surface area contributed by atoms with Gasteiger partial charge in [0.15, 0.2) is 5.17 Å². The number of aromatic nitrogens is 2. The van der Waals surface area contributed by atoms with Gasteiger partial charge in [0.05, 0.1) is 42.5 Å². The highest BCUT2D eigenvalue weighted by Gasteiger charge is 2.32. The molecule has 3 aromatic rings. The highest BCUT2D eigenvalue weighted by Crippen LogP contribution is 2.29. The van der Waals surface area contributed by atoms with Crippen molar-refractivity contribution < 1.29 is 28.0 Å². The highest BCUT2D eigenvalue weighted by molar-refractivity contribution is 8.14. The maximum Gasteiger partial charge on any atom is 0.305 e. The molecule has 12 heteroatoms. The van der Waals surface area contributed by atoms with Crippen molar-refractivity contribution in [2.45, 2.75) is 0 Å². The number of nitrogens with one attached hydrogen (secondary N) is 1. The van der Waals surface area contributed by atoms with Crippen LogP contribution in [0.3, 0.4) is 0 Å². The lowest BCUT2D eigenvalue weighted by molar-refractivity contribution is -0.759. The standard InChI is InChI=1S/C24H21FN6O4S/c25-18-8-6-17(7-9-18)14-20-23(33)31(19-4-2-1-3-5-19)24(26-20)36-16-21(32)27-22-15-30(28-35-22)29-10-12-34-13-11-29/h1-9,14-15H,10-13,16H2/p+1/b20-14+. The first-order valence-electron chi connectivity index (χ1n) is 11.2. The zero-order chi connectivity index (χ0) is 24.9. The largest absolute Gasteiger partial charge is 0.377 e. The van der Waals surface area contributed by atoms with E-state index < -0.39 is 0 Å². The molecular formula is C24H22FN6O4S+. The number of aliphatic imine (C=N–C) groups is 1. The quantitative estimate of drug-likeness (QED) is 0.401. The summed E-state index contributed by atoms with van der Waals surface area (Å²) in [5.41, 5.74) is 1.45. The maximum atomic E-state index is 13.3. The summed E-state index contributed by atoms with van der Waals surface area (Å²) in [7, 11) is 0. The summed E-state index contributed by atoms with van der Waals surface area (Å²) < 4.78 is 23.8. The predicted octanol–water partition coefficient (Wildman–Crippen LogP) is 2.18. The Morgan fingerprint density at radius 1 is 1.14 bits per heavy atom. The molecule has 0 radical (unpaired) electrons. The lowest BCUT2D eigenvalue weighted by Crippen LogP contribution is -2.62. The monoisotopic (exact) mass is 509 g/mol. The molecular weight excluding hydrogens is 487 g/mol. The molecule has 1 N–H and O–H groups in total. The fourth-order valence-corrected chi connectivity index (χ4v) is 4.42. The van der Waals surface area contributed by atoms with E-state index in [4.69, 9.17) is 9.26 Å². The topological polar surface area (TPSA) is 104 Å². The lowest BCUT2D eigenvalue weighted by atomic mass is 10.2. The number of ether oxygens (including phenoxy) is 1. The van der Waals surface area contributed by atoms with Gasteiger partial charge in [0.2, 0.25) is 11.2 Å². The molecule has 3 heterocycles. The first kappa shape index (κ1) is 23.7. The minimum atomic E-state index is -0.367. The molecule has 5 rings (SSSR count). The van der Waals surface area contributed by atoms with Crippen LogP contribution in [0.1, 0.15) is 5.56 Å². The molecule has 10 nitrogen and oxygen atoms in total. The molecule has 0 unspecified atom stereocenters. The van der Waals surface area contributed by atoms with E-state index in [1.54, 1.807) is 36.5 Å². The molecule has 1 saturated heterocycles. The summed E-state index contributed by atoms with van der Waals surface area (Å²) in [6.07, 6.45) is 3.18. The van der Waals surface area contributed by atoms with Crippen LogP contribution >= 0.6 is 11.8 Å². The molecule has 1 aromatic heterocycles.